The van der Waals surface area contributed by atoms with E-state index in [2.05, 4.69) is 39.3 Å². The molecular weight excluding hydrogens is 332 g/mol. The first-order valence-electron chi connectivity index (χ1n) is 6.64. The maximum absolute atomic E-state index is 8.92. The summed E-state index contributed by atoms with van der Waals surface area (Å²) >= 11 is 3.58. The predicted octanol–water partition coefficient (Wildman–Crippen LogP) is 3.47. The van der Waals surface area contributed by atoms with Gasteiger partial charge in [-0.15, -0.1) is 0 Å². The molecule has 1 aromatic heterocycles. The van der Waals surface area contributed by atoms with Gasteiger partial charge in [0.1, 0.15) is 5.75 Å². The van der Waals surface area contributed by atoms with E-state index in [9.17, 15) is 0 Å². The van der Waals surface area contributed by atoms with Crippen LogP contribution in [0.4, 0.5) is 5.69 Å². The molecule has 0 aliphatic heterocycles. The molecule has 0 amide bonds. The lowest BCUT2D eigenvalue weighted by Gasteiger charge is -2.12. The minimum absolute atomic E-state index is 0.577. The third kappa shape index (κ3) is 3.19. The van der Waals surface area contributed by atoms with Crippen LogP contribution in [0.1, 0.15) is 23.9 Å². The Morgan fingerprint density at radius 2 is 2.24 bits per heavy atom. The first-order valence-corrected chi connectivity index (χ1v) is 7.43. The van der Waals surface area contributed by atoms with Gasteiger partial charge in [0.15, 0.2) is 0 Å². The third-order valence-corrected chi connectivity index (χ3v) is 4.26. The van der Waals surface area contributed by atoms with Gasteiger partial charge in [0.25, 0.3) is 0 Å². The van der Waals surface area contributed by atoms with E-state index in [1.165, 1.54) is 0 Å². The molecule has 110 valence electrons. The second kappa shape index (κ2) is 6.64. The van der Waals surface area contributed by atoms with Gasteiger partial charge < -0.3 is 10.1 Å². The van der Waals surface area contributed by atoms with Crippen molar-refractivity contribution in [1.82, 2.24) is 9.78 Å². The predicted molar refractivity (Wildman–Crippen MR) is 85.4 cm³/mol. The highest BCUT2D eigenvalue weighted by Gasteiger charge is 2.12. The Hall–Kier alpha value is -2.00. The van der Waals surface area contributed by atoms with Crippen LogP contribution in [0.25, 0.3) is 0 Å². The standard InChI is InChI=1S/C15H17BrN4O/c1-4-20-13(15(16)10(2)19-20)9-18-12-6-5-11(8-17)7-14(12)21-3/h5-7,18H,4,9H2,1-3H3. The van der Waals surface area contributed by atoms with E-state index in [1.54, 1.807) is 19.2 Å². The molecule has 0 aliphatic carbocycles. The van der Waals surface area contributed by atoms with Crippen molar-refractivity contribution in [3.63, 3.8) is 0 Å². The highest BCUT2D eigenvalue weighted by atomic mass is 79.9. The van der Waals surface area contributed by atoms with Gasteiger partial charge in [0, 0.05) is 12.6 Å². The summed E-state index contributed by atoms with van der Waals surface area (Å²) in [5.74, 6) is 0.657. The summed E-state index contributed by atoms with van der Waals surface area (Å²) < 4.78 is 8.30. The molecule has 0 fully saturated rings. The first kappa shape index (κ1) is 15.4. The summed E-state index contributed by atoms with van der Waals surface area (Å²) in [4.78, 5) is 0. The quantitative estimate of drug-likeness (QED) is 0.898. The average molecular weight is 349 g/mol. The van der Waals surface area contributed by atoms with E-state index in [4.69, 9.17) is 10.00 Å². The molecule has 5 nitrogen and oxygen atoms in total. The maximum atomic E-state index is 8.92. The molecule has 0 radical (unpaired) electrons. The van der Waals surface area contributed by atoms with Crippen LogP contribution in [0.15, 0.2) is 22.7 Å². The molecule has 0 bridgehead atoms. The van der Waals surface area contributed by atoms with E-state index < -0.39 is 0 Å². The van der Waals surface area contributed by atoms with Crippen LogP contribution in [0.3, 0.4) is 0 Å². The van der Waals surface area contributed by atoms with Gasteiger partial charge in [-0.1, -0.05) is 0 Å². The van der Waals surface area contributed by atoms with E-state index >= 15 is 0 Å². The summed E-state index contributed by atoms with van der Waals surface area (Å²) in [5.41, 5.74) is 3.49. The van der Waals surface area contributed by atoms with Crippen molar-refractivity contribution in [2.75, 3.05) is 12.4 Å². The first-order chi connectivity index (χ1) is 10.1. The SMILES string of the molecule is CCn1nc(C)c(Br)c1CNc1ccc(C#N)cc1OC. The molecule has 1 N–H and O–H groups in total. The maximum Gasteiger partial charge on any atom is 0.143 e. The number of aryl methyl sites for hydroxylation is 2. The van der Waals surface area contributed by atoms with E-state index in [0.717, 1.165) is 28.1 Å². The molecule has 2 rings (SSSR count). The number of nitriles is 1. The van der Waals surface area contributed by atoms with Crippen molar-refractivity contribution in [1.29, 1.82) is 5.26 Å². The van der Waals surface area contributed by atoms with Gasteiger partial charge >= 0.3 is 0 Å². The van der Waals surface area contributed by atoms with Gasteiger partial charge in [-0.05, 0) is 41.9 Å². The Bertz CT molecular complexity index is 688. The molecular formula is C15H17BrN4O. The summed E-state index contributed by atoms with van der Waals surface area (Å²) in [6, 6.07) is 7.44. The number of aromatic nitrogens is 2. The van der Waals surface area contributed by atoms with E-state index in [0.29, 0.717) is 17.9 Å². The van der Waals surface area contributed by atoms with Crippen LogP contribution in [0.5, 0.6) is 5.75 Å². The minimum Gasteiger partial charge on any atom is -0.495 e. The summed E-state index contributed by atoms with van der Waals surface area (Å²) in [6.45, 7) is 5.47. The second-order valence-corrected chi connectivity index (χ2v) is 5.34. The fraction of sp³-hybridized carbons (Fsp3) is 0.333. The van der Waals surface area contributed by atoms with Crippen LogP contribution in [0, 0.1) is 18.3 Å². The van der Waals surface area contributed by atoms with Crippen LogP contribution in [-0.2, 0) is 13.1 Å². The number of hydrogen-bond donors (Lipinski definition) is 1. The van der Waals surface area contributed by atoms with E-state index in [1.807, 2.05) is 17.7 Å². The molecule has 0 saturated carbocycles. The zero-order valence-electron chi connectivity index (χ0n) is 12.3. The molecule has 0 unspecified atom stereocenters. The number of methoxy groups -OCH3 is 1. The van der Waals surface area contributed by atoms with Crippen LogP contribution >= 0.6 is 15.9 Å². The number of anilines is 1. The Morgan fingerprint density at radius 1 is 1.48 bits per heavy atom. The lowest BCUT2D eigenvalue weighted by molar-refractivity contribution is 0.416. The highest BCUT2D eigenvalue weighted by molar-refractivity contribution is 9.10. The van der Waals surface area contributed by atoms with Crippen molar-refractivity contribution in [2.45, 2.75) is 26.9 Å². The smallest absolute Gasteiger partial charge is 0.143 e. The molecule has 2 aromatic rings. The van der Waals surface area contributed by atoms with Crippen molar-refractivity contribution >= 4 is 21.6 Å². The minimum atomic E-state index is 0.577. The largest absolute Gasteiger partial charge is 0.495 e. The van der Waals surface area contributed by atoms with Crippen molar-refractivity contribution in [3.05, 3.63) is 39.6 Å². The number of ether oxygens (including phenoxy) is 1. The van der Waals surface area contributed by atoms with Crippen LogP contribution in [0.2, 0.25) is 0 Å². The van der Waals surface area contributed by atoms with Gasteiger partial charge in [-0.2, -0.15) is 10.4 Å². The lowest BCUT2D eigenvalue weighted by atomic mass is 10.2. The Labute approximate surface area is 132 Å². The zero-order chi connectivity index (χ0) is 15.4. The molecule has 1 heterocycles. The lowest BCUT2D eigenvalue weighted by Crippen LogP contribution is -2.09. The van der Waals surface area contributed by atoms with Gasteiger partial charge in [0.05, 0.1) is 46.8 Å². The number of nitrogens with zero attached hydrogens (tertiary/aromatic N) is 3. The molecule has 0 saturated heterocycles. The normalized spacial score (nSPS) is 10.2. The monoisotopic (exact) mass is 348 g/mol. The van der Waals surface area contributed by atoms with Crippen LogP contribution < -0.4 is 10.1 Å². The number of hydrogen-bond acceptors (Lipinski definition) is 4. The molecule has 0 aliphatic rings. The zero-order valence-corrected chi connectivity index (χ0v) is 13.9. The number of benzene rings is 1. The highest BCUT2D eigenvalue weighted by Crippen LogP contribution is 2.27. The number of halogens is 1. The number of nitrogens with one attached hydrogen (secondary N) is 1. The molecule has 0 spiro atoms. The second-order valence-electron chi connectivity index (χ2n) is 4.54. The molecule has 21 heavy (non-hydrogen) atoms. The van der Waals surface area contributed by atoms with Gasteiger partial charge in [0.2, 0.25) is 0 Å². The van der Waals surface area contributed by atoms with Gasteiger partial charge in [-0.25, -0.2) is 0 Å². The van der Waals surface area contributed by atoms with Crippen molar-refractivity contribution in [2.24, 2.45) is 0 Å². The number of rotatable bonds is 5. The van der Waals surface area contributed by atoms with Gasteiger partial charge in [-0.3, -0.25) is 4.68 Å². The van der Waals surface area contributed by atoms with E-state index in [-0.39, 0.29) is 0 Å². The molecule has 6 heteroatoms. The third-order valence-electron chi connectivity index (χ3n) is 3.23. The van der Waals surface area contributed by atoms with Crippen molar-refractivity contribution in [3.8, 4) is 11.8 Å². The summed E-state index contributed by atoms with van der Waals surface area (Å²) in [5, 5.41) is 16.7. The molecule has 0 atom stereocenters. The molecule has 1 aromatic carbocycles. The topological polar surface area (TPSA) is 62.9 Å². The van der Waals surface area contributed by atoms with Crippen molar-refractivity contribution < 1.29 is 4.74 Å². The fourth-order valence-corrected chi connectivity index (χ4v) is 2.55. The Balaban J connectivity index is 2.23. The fourth-order valence-electron chi connectivity index (χ4n) is 2.12. The summed E-state index contributed by atoms with van der Waals surface area (Å²) in [6.07, 6.45) is 0. The Kier molecular flexibility index (Phi) is 4.86. The average Bonchev–Trinajstić information content (AvgIpc) is 2.79. The van der Waals surface area contributed by atoms with Crippen LogP contribution in [-0.4, -0.2) is 16.9 Å². The summed E-state index contributed by atoms with van der Waals surface area (Å²) in [7, 11) is 1.60. The Morgan fingerprint density at radius 3 is 2.86 bits per heavy atom.